The van der Waals surface area contributed by atoms with E-state index < -0.39 is 10.0 Å². The molecule has 0 aliphatic carbocycles. The summed E-state index contributed by atoms with van der Waals surface area (Å²) in [5.74, 6) is 0.943. The number of thioether (sulfide) groups is 1. The minimum atomic E-state index is -3.10. The fourth-order valence-corrected chi connectivity index (χ4v) is 6.64. The Hall–Kier alpha value is -0.150. The lowest BCUT2D eigenvalue weighted by Gasteiger charge is -2.47. The van der Waals surface area contributed by atoms with Crippen molar-refractivity contribution >= 4 is 33.1 Å². The van der Waals surface area contributed by atoms with Crippen LogP contribution in [-0.2, 0) is 21.4 Å². The highest BCUT2D eigenvalue weighted by molar-refractivity contribution is 8.01. The molecule has 0 aromatic carbocycles. The Bertz CT molecular complexity index is 636. The van der Waals surface area contributed by atoms with E-state index in [9.17, 15) is 8.42 Å². The molecule has 0 radical (unpaired) electrons. The molecular formula is C14H22N2O3S3. The molecule has 0 bridgehead atoms. The highest BCUT2D eigenvalue weighted by Gasteiger charge is 2.53. The number of nitrogens with zero attached hydrogens (tertiary/aromatic N) is 2. The minimum Gasteiger partial charge on any atom is -0.371 e. The number of sulfonamides is 1. The Balaban J connectivity index is 1.49. The van der Waals surface area contributed by atoms with Gasteiger partial charge in [0.15, 0.2) is 0 Å². The van der Waals surface area contributed by atoms with E-state index in [1.54, 1.807) is 29.5 Å². The van der Waals surface area contributed by atoms with Gasteiger partial charge in [0, 0.05) is 29.0 Å². The topological polar surface area (TPSA) is 59.5 Å². The Kier molecular flexibility index (Phi) is 4.59. The molecule has 1 aromatic rings. The highest BCUT2D eigenvalue weighted by atomic mass is 32.2. The average Bonchev–Trinajstić information content (AvgIpc) is 3.00. The van der Waals surface area contributed by atoms with Crippen LogP contribution in [0.5, 0.6) is 0 Å². The molecule has 2 fully saturated rings. The van der Waals surface area contributed by atoms with Gasteiger partial charge in [-0.25, -0.2) is 13.4 Å². The van der Waals surface area contributed by atoms with Gasteiger partial charge in [0.25, 0.3) is 0 Å². The summed E-state index contributed by atoms with van der Waals surface area (Å²) in [4.78, 5) is 4.41. The molecule has 2 saturated heterocycles. The van der Waals surface area contributed by atoms with Crippen LogP contribution in [0.2, 0.25) is 0 Å². The second-order valence-corrected chi connectivity index (χ2v) is 11.4. The maximum atomic E-state index is 12.1. The summed E-state index contributed by atoms with van der Waals surface area (Å²) in [6, 6.07) is 0. The van der Waals surface area contributed by atoms with Crippen LogP contribution < -0.4 is 0 Å². The van der Waals surface area contributed by atoms with Gasteiger partial charge in [-0.05, 0) is 27.2 Å². The first kappa shape index (κ1) is 16.7. The first-order chi connectivity index (χ1) is 10.3. The summed E-state index contributed by atoms with van der Waals surface area (Å²) in [7, 11) is -3.10. The molecule has 3 heterocycles. The zero-order valence-corrected chi connectivity index (χ0v) is 15.6. The molecule has 1 atom stereocenters. The minimum absolute atomic E-state index is 0.0740. The van der Waals surface area contributed by atoms with E-state index in [2.05, 4.69) is 4.98 Å². The van der Waals surface area contributed by atoms with Crippen LogP contribution in [0.15, 0.2) is 5.38 Å². The van der Waals surface area contributed by atoms with Gasteiger partial charge < -0.3 is 4.74 Å². The number of ether oxygens (including phenoxy) is 1. The normalized spacial score (nSPS) is 25.0. The molecule has 0 unspecified atom stereocenters. The standard InChI is InChI=1S/C14H22N2O3S3/c1-10(2)22(17,18)16-8-14(9-16)4-13(7-21-14)19-5-12-6-20-11(3)15-12/h6,10,13H,4-5,7-9H2,1-3H3/t13-/m0/s1. The fourth-order valence-electron chi connectivity index (χ4n) is 2.88. The van der Waals surface area contributed by atoms with Crippen molar-refractivity contribution in [3.8, 4) is 0 Å². The molecule has 5 nitrogen and oxygen atoms in total. The zero-order valence-electron chi connectivity index (χ0n) is 13.1. The summed E-state index contributed by atoms with van der Waals surface area (Å²) in [5.41, 5.74) is 0.992. The molecule has 0 saturated carbocycles. The predicted molar refractivity (Wildman–Crippen MR) is 90.9 cm³/mol. The van der Waals surface area contributed by atoms with Gasteiger partial charge in [-0.2, -0.15) is 4.31 Å². The molecule has 1 aromatic heterocycles. The van der Waals surface area contributed by atoms with E-state index in [1.807, 2.05) is 24.1 Å². The second kappa shape index (κ2) is 6.05. The van der Waals surface area contributed by atoms with Crippen LogP contribution >= 0.6 is 23.1 Å². The van der Waals surface area contributed by atoms with E-state index in [4.69, 9.17) is 4.74 Å². The Morgan fingerprint density at radius 1 is 1.50 bits per heavy atom. The van der Waals surface area contributed by atoms with Gasteiger partial charge in [0.05, 0.1) is 28.7 Å². The number of rotatable bonds is 5. The van der Waals surface area contributed by atoms with Gasteiger partial charge >= 0.3 is 0 Å². The molecule has 124 valence electrons. The van der Waals surface area contributed by atoms with Gasteiger partial charge in [-0.1, -0.05) is 0 Å². The zero-order chi connectivity index (χ0) is 16.0. The van der Waals surface area contributed by atoms with Crippen LogP contribution in [0.4, 0.5) is 0 Å². The molecular weight excluding hydrogens is 340 g/mol. The number of thiazole rings is 1. The molecule has 0 amide bonds. The first-order valence-electron chi connectivity index (χ1n) is 7.46. The summed E-state index contributed by atoms with van der Waals surface area (Å²) in [6.07, 6.45) is 1.14. The third-order valence-corrected chi connectivity index (χ3v) is 8.76. The number of aryl methyl sites for hydroxylation is 1. The van der Waals surface area contributed by atoms with Crippen LogP contribution in [0.25, 0.3) is 0 Å². The van der Waals surface area contributed by atoms with E-state index in [0.717, 1.165) is 22.9 Å². The second-order valence-electron chi connectivity index (χ2n) is 6.35. The lowest BCUT2D eigenvalue weighted by atomic mass is 9.95. The van der Waals surface area contributed by atoms with Crippen molar-refractivity contribution in [2.24, 2.45) is 0 Å². The van der Waals surface area contributed by atoms with E-state index in [0.29, 0.717) is 19.7 Å². The van der Waals surface area contributed by atoms with Crippen LogP contribution in [-0.4, -0.2) is 52.7 Å². The van der Waals surface area contributed by atoms with Crippen molar-refractivity contribution in [1.82, 2.24) is 9.29 Å². The first-order valence-corrected chi connectivity index (χ1v) is 10.8. The lowest BCUT2D eigenvalue weighted by molar-refractivity contribution is 0.0382. The maximum Gasteiger partial charge on any atom is 0.216 e. The quantitative estimate of drug-likeness (QED) is 0.804. The third-order valence-electron chi connectivity index (χ3n) is 4.19. The summed E-state index contributed by atoms with van der Waals surface area (Å²) < 4.78 is 31.9. The predicted octanol–water partition coefficient (Wildman–Crippen LogP) is 2.27. The SMILES string of the molecule is Cc1nc(CO[C@@H]2CSC3(C2)CN(S(=O)(=O)C(C)C)C3)cs1. The van der Waals surface area contributed by atoms with Gasteiger partial charge in [-0.15, -0.1) is 23.1 Å². The molecule has 8 heteroatoms. The number of aromatic nitrogens is 1. The summed E-state index contributed by atoms with van der Waals surface area (Å²) >= 11 is 3.50. The van der Waals surface area contributed by atoms with Crippen molar-refractivity contribution in [2.75, 3.05) is 18.8 Å². The van der Waals surface area contributed by atoms with E-state index >= 15 is 0 Å². The maximum absolute atomic E-state index is 12.1. The fraction of sp³-hybridized carbons (Fsp3) is 0.786. The highest BCUT2D eigenvalue weighted by Crippen LogP contribution is 2.47. The molecule has 0 N–H and O–H groups in total. The molecule has 22 heavy (non-hydrogen) atoms. The van der Waals surface area contributed by atoms with Gasteiger partial charge in [0.1, 0.15) is 0 Å². The smallest absolute Gasteiger partial charge is 0.216 e. The number of hydrogen-bond donors (Lipinski definition) is 0. The average molecular weight is 363 g/mol. The van der Waals surface area contributed by atoms with Crippen LogP contribution in [0.3, 0.4) is 0 Å². The van der Waals surface area contributed by atoms with E-state index in [-0.39, 0.29) is 16.1 Å². The Labute approximate surface area is 140 Å². The molecule has 1 spiro atoms. The lowest BCUT2D eigenvalue weighted by Crippen LogP contribution is -2.61. The van der Waals surface area contributed by atoms with E-state index in [1.165, 1.54) is 0 Å². The van der Waals surface area contributed by atoms with Gasteiger partial charge in [0.2, 0.25) is 10.0 Å². The molecule has 2 aliphatic rings. The molecule has 2 aliphatic heterocycles. The monoisotopic (exact) mass is 362 g/mol. The molecule has 3 rings (SSSR count). The largest absolute Gasteiger partial charge is 0.371 e. The van der Waals surface area contributed by atoms with Crippen molar-refractivity contribution in [1.29, 1.82) is 0 Å². The van der Waals surface area contributed by atoms with Crippen molar-refractivity contribution in [3.63, 3.8) is 0 Å². The van der Waals surface area contributed by atoms with Crippen molar-refractivity contribution in [2.45, 2.75) is 49.9 Å². The van der Waals surface area contributed by atoms with Crippen LogP contribution in [0.1, 0.15) is 31.0 Å². The van der Waals surface area contributed by atoms with Crippen molar-refractivity contribution in [3.05, 3.63) is 16.1 Å². The Morgan fingerprint density at radius 3 is 2.82 bits per heavy atom. The van der Waals surface area contributed by atoms with Crippen molar-refractivity contribution < 1.29 is 13.2 Å². The van der Waals surface area contributed by atoms with Crippen LogP contribution in [0, 0.1) is 6.92 Å². The summed E-state index contributed by atoms with van der Waals surface area (Å²) in [5, 5.41) is 2.76. The third kappa shape index (κ3) is 3.21. The number of hydrogen-bond acceptors (Lipinski definition) is 6. The van der Waals surface area contributed by atoms with Gasteiger partial charge in [-0.3, -0.25) is 0 Å². The summed E-state index contributed by atoms with van der Waals surface area (Å²) in [6.45, 7) is 7.29. The Morgan fingerprint density at radius 2 is 2.23 bits per heavy atom.